The molecule has 1 rings (SSSR count). The summed E-state index contributed by atoms with van der Waals surface area (Å²) in [4.78, 5) is 15.8. The van der Waals surface area contributed by atoms with Gasteiger partial charge in [0, 0.05) is 36.5 Å². The van der Waals surface area contributed by atoms with Gasteiger partial charge in [-0.05, 0) is 34.1 Å². The fraction of sp³-hybridized carbons (Fsp3) is 0.647. The van der Waals surface area contributed by atoms with Crippen LogP contribution in [0.15, 0.2) is 6.20 Å². The molecule has 0 saturated carbocycles. The fourth-order valence-electron chi connectivity index (χ4n) is 2.16. The largest absolute Gasteiger partial charge is 0.506 e. The molecule has 24 heavy (non-hydrogen) atoms. The van der Waals surface area contributed by atoms with Crippen LogP contribution in [0.25, 0.3) is 0 Å². The Morgan fingerprint density at radius 3 is 2.62 bits per heavy atom. The molecule has 0 saturated heterocycles. The van der Waals surface area contributed by atoms with Crippen molar-refractivity contribution in [2.45, 2.75) is 65.8 Å². The first-order chi connectivity index (χ1) is 11.2. The number of carbonyl (C=O) groups excluding carboxylic acids is 1. The molecular weight excluding hydrogens is 310 g/mol. The predicted molar refractivity (Wildman–Crippen MR) is 91.7 cm³/mol. The number of aromatic nitrogens is 1. The molecule has 0 aliphatic rings. The zero-order valence-electron chi connectivity index (χ0n) is 15.1. The molecule has 0 aliphatic carbocycles. The third kappa shape index (κ3) is 6.33. The Bertz CT molecular complexity index is 556. The van der Waals surface area contributed by atoms with E-state index < -0.39 is 11.7 Å². The summed E-state index contributed by atoms with van der Waals surface area (Å²) in [6.07, 6.45) is 1.85. The summed E-state index contributed by atoms with van der Waals surface area (Å²) < 4.78 is 5.25. The van der Waals surface area contributed by atoms with Gasteiger partial charge in [-0.2, -0.15) is 0 Å². The lowest BCUT2D eigenvalue weighted by Crippen LogP contribution is -2.43. The second-order valence-corrected chi connectivity index (χ2v) is 6.74. The third-order valence-electron chi connectivity index (χ3n) is 3.51. The number of aliphatic hydroxyl groups is 1. The highest BCUT2D eigenvalue weighted by molar-refractivity contribution is 5.68. The van der Waals surface area contributed by atoms with Crippen molar-refractivity contribution in [3.05, 3.63) is 23.0 Å². The van der Waals surface area contributed by atoms with Crippen LogP contribution in [-0.2, 0) is 17.9 Å². The molecule has 1 atom stereocenters. The standard InChI is InChI=1S/C17H29N3O4/c1-6-13(20-16(23)24-17(3,4)5)8-18-9-14-12(10-21)7-19-11(2)15(14)22/h7,13,18,21-22H,6,8-10H2,1-5H3,(H,20,23). The highest BCUT2D eigenvalue weighted by Gasteiger charge is 2.19. The van der Waals surface area contributed by atoms with Crippen LogP contribution in [0.2, 0.25) is 0 Å². The SMILES string of the molecule is CCC(CNCc1c(CO)cnc(C)c1O)NC(=O)OC(C)(C)C. The molecular formula is C17H29N3O4. The lowest BCUT2D eigenvalue weighted by molar-refractivity contribution is 0.0502. The number of nitrogens with one attached hydrogen (secondary N) is 2. The lowest BCUT2D eigenvalue weighted by atomic mass is 10.1. The Morgan fingerprint density at radius 1 is 1.42 bits per heavy atom. The van der Waals surface area contributed by atoms with Crippen LogP contribution in [0.5, 0.6) is 5.75 Å². The zero-order chi connectivity index (χ0) is 18.3. The number of nitrogens with zero attached hydrogens (tertiary/aromatic N) is 1. The first kappa shape index (κ1) is 20.2. The highest BCUT2D eigenvalue weighted by Crippen LogP contribution is 2.23. The normalized spacial score (nSPS) is 12.8. The van der Waals surface area contributed by atoms with Crippen molar-refractivity contribution in [2.24, 2.45) is 0 Å². The molecule has 1 aromatic rings. The molecule has 1 unspecified atom stereocenters. The van der Waals surface area contributed by atoms with Crippen LogP contribution < -0.4 is 10.6 Å². The molecule has 0 radical (unpaired) electrons. The molecule has 1 aromatic heterocycles. The Kier molecular flexibility index (Phi) is 7.44. The van der Waals surface area contributed by atoms with Gasteiger partial charge in [0.1, 0.15) is 11.4 Å². The van der Waals surface area contributed by atoms with Crippen molar-refractivity contribution in [3.63, 3.8) is 0 Å². The smallest absolute Gasteiger partial charge is 0.407 e. The van der Waals surface area contributed by atoms with E-state index in [1.165, 1.54) is 0 Å². The van der Waals surface area contributed by atoms with E-state index in [4.69, 9.17) is 4.74 Å². The maximum atomic E-state index is 11.8. The van der Waals surface area contributed by atoms with Crippen molar-refractivity contribution in [2.75, 3.05) is 6.54 Å². The number of amides is 1. The summed E-state index contributed by atoms with van der Waals surface area (Å²) in [6, 6.07) is -0.0949. The number of rotatable bonds is 7. The summed E-state index contributed by atoms with van der Waals surface area (Å²) >= 11 is 0. The number of aromatic hydroxyl groups is 1. The number of carbonyl (C=O) groups is 1. The monoisotopic (exact) mass is 339 g/mol. The maximum absolute atomic E-state index is 11.8. The third-order valence-corrected chi connectivity index (χ3v) is 3.51. The molecule has 0 fully saturated rings. The van der Waals surface area contributed by atoms with Crippen LogP contribution >= 0.6 is 0 Å². The predicted octanol–water partition coefficient (Wildman–Crippen LogP) is 1.98. The van der Waals surface area contributed by atoms with Crippen molar-refractivity contribution in [1.29, 1.82) is 0 Å². The van der Waals surface area contributed by atoms with Gasteiger partial charge in [-0.3, -0.25) is 4.98 Å². The molecule has 136 valence electrons. The highest BCUT2D eigenvalue weighted by atomic mass is 16.6. The molecule has 4 N–H and O–H groups in total. The molecule has 1 heterocycles. The molecule has 0 spiro atoms. The first-order valence-corrected chi connectivity index (χ1v) is 8.15. The lowest BCUT2D eigenvalue weighted by Gasteiger charge is -2.23. The van der Waals surface area contributed by atoms with Crippen LogP contribution in [0, 0.1) is 6.92 Å². The Hall–Kier alpha value is -1.86. The van der Waals surface area contributed by atoms with Gasteiger partial charge >= 0.3 is 6.09 Å². The fourth-order valence-corrected chi connectivity index (χ4v) is 2.16. The van der Waals surface area contributed by atoms with Gasteiger partial charge in [0.15, 0.2) is 0 Å². The van der Waals surface area contributed by atoms with E-state index in [9.17, 15) is 15.0 Å². The van der Waals surface area contributed by atoms with Crippen LogP contribution in [-0.4, -0.2) is 39.5 Å². The summed E-state index contributed by atoms with van der Waals surface area (Å²) in [5, 5.41) is 25.5. The van der Waals surface area contributed by atoms with Gasteiger partial charge in [0.2, 0.25) is 0 Å². The minimum atomic E-state index is -0.536. The number of aryl methyl sites for hydroxylation is 1. The van der Waals surface area contributed by atoms with Crippen molar-refractivity contribution < 1.29 is 19.7 Å². The van der Waals surface area contributed by atoms with E-state index in [-0.39, 0.29) is 18.4 Å². The van der Waals surface area contributed by atoms with Gasteiger partial charge in [-0.25, -0.2) is 4.79 Å². The zero-order valence-corrected chi connectivity index (χ0v) is 15.1. The van der Waals surface area contributed by atoms with Gasteiger partial charge in [-0.15, -0.1) is 0 Å². The number of alkyl carbamates (subject to hydrolysis) is 1. The van der Waals surface area contributed by atoms with Crippen LogP contribution in [0.4, 0.5) is 4.79 Å². The minimum absolute atomic E-state index is 0.0854. The molecule has 1 amide bonds. The summed E-state index contributed by atoms with van der Waals surface area (Å²) in [6.45, 7) is 9.82. The number of hydrogen-bond acceptors (Lipinski definition) is 6. The number of pyridine rings is 1. The topological polar surface area (TPSA) is 104 Å². The molecule has 0 aromatic carbocycles. The van der Waals surface area contributed by atoms with E-state index in [0.717, 1.165) is 6.42 Å². The number of aliphatic hydroxyl groups excluding tert-OH is 1. The first-order valence-electron chi connectivity index (χ1n) is 8.15. The van der Waals surface area contributed by atoms with Crippen molar-refractivity contribution in [1.82, 2.24) is 15.6 Å². The van der Waals surface area contributed by atoms with Crippen molar-refractivity contribution in [3.8, 4) is 5.75 Å². The van der Waals surface area contributed by atoms with E-state index in [0.29, 0.717) is 29.9 Å². The van der Waals surface area contributed by atoms with E-state index in [1.807, 2.05) is 27.7 Å². The summed E-state index contributed by atoms with van der Waals surface area (Å²) in [7, 11) is 0. The summed E-state index contributed by atoms with van der Waals surface area (Å²) in [5.74, 6) is 0.0854. The second-order valence-electron chi connectivity index (χ2n) is 6.74. The Morgan fingerprint density at radius 2 is 2.08 bits per heavy atom. The number of hydrogen-bond donors (Lipinski definition) is 4. The molecule has 0 bridgehead atoms. The van der Waals surface area contributed by atoms with Gasteiger partial charge in [0.25, 0.3) is 0 Å². The quantitative estimate of drug-likeness (QED) is 0.606. The average Bonchev–Trinajstić information content (AvgIpc) is 2.48. The Balaban J connectivity index is 2.59. The van der Waals surface area contributed by atoms with E-state index in [2.05, 4.69) is 15.6 Å². The average molecular weight is 339 g/mol. The second kappa shape index (κ2) is 8.84. The Labute approximate surface area is 143 Å². The van der Waals surface area contributed by atoms with E-state index >= 15 is 0 Å². The van der Waals surface area contributed by atoms with Gasteiger partial charge in [0.05, 0.1) is 12.3 Å². The molecule has 7 nitrogen and oxygen atoms in total. The molecule has 7 heteroatoms. The van der Waals surface area contributed by atoms with Crippen LogP contribution in [0.1, 0.15) is 50.9 Å². The number of ether oxygens (including phenoxy) is 1. The molecule has 0 aliphatic heterocycles. The van der Waals surface area contributed by atoms with Gasteiger partial charge in [-0.1, -0.05) is 6.92 Å². The maximum Gasteiger partial charge on any atom is 0.407 e. The van der Waals surface area contributed by atoms with Crippen molar-refractivity contribution >= 4 is 6.09 Å². The van der Waals surface area contributed by atoms with Gasteiger partial charge < -0.3 is 25.6 Å². The van der Waals surface area contributed by atoms with Crippen LogP contribution in [0.3, 0.4) is 0 Å². The summed E-state index contributed by atoms with van der Waals surface area (Å²) in [5.41, 5.74) is 1.19. The minimum Gasteiger partial charge on any atom is -0.506 e. The van der Waals surface area contributed by atoms with E-state index in [1.54, 1.807) is 13.1 Å².